The van der Waals surface area contributed by atoms with Crippen LogP contribution in [0.4, 0.5) is 11.4 Å². The normalized spacial score (nSPS) is 10.2. The van der Waals surface area contributed by atoms with Crippen molar-refractivity contribution in [2.75, 3.05) is 11.1 Å². The van der Waals surface area contributed by atoms with Crippen LogP contribution < -0.4 is 11.1 Å². The second-order valence-electron chi connectivity index (χ2n) is 3.69. The highest BCUT2D eigenvalue weighted by molar-refractivity contribution is 6.33. The minimum Gasteiger partial charge on any atom is -0.397 e. The van der Waals surface area contributed by atoms with Gasteiger partial charge in [0.1, 0.15) is 0 Å². The molecular formula is C13H12Cl2N2. The first-order chi connectivity index (χ1) is 8.16. The summed E-state index contributed by atoms with van der Waals surface area (Å²) in [6, 6.07) is 13.1. The molecule has 0 unspecified atom stereocenters. The first kappa shape index (κ1) is 12.1. The van der Waals surface area contributed by atoms with Crippen LogP contribution in [0.1, 0.15) is 5.56 Å². The van der Waals surface area contributed by atoms with Gasteiger partial charge in [-0.15, -0.1) is 0 Å². The molecule has 88 valence electrons. The Bertz CT molecular complexity index is 506. The molecule has 2 nitrogen and oxygen atoms in total. The predicted octanol–water partition coefficient (Wildman–Crippen LogP) is 4.19. The van der Waals surface area contributed by atoms with Gasteiger partial charge in [0.25, 0.3) is 0 Å². The van der Waals surface area contributed by atoms with E-state index in [1.165, 1.54) is 0 Å². The van der Waals surface area contributed by atoms with Gasteiger partial charge in [-0.2, -0.15) is 0 Å². The van der Waals surface area contributed by atoms with Crippen LogP contribution in [0.25, 0.3) is 0 Å². The van der Waals surface area contributed by atoms with E-state index in [-0.39, 0.29) is 0 Å². The van der Waals surface area contributed by atoms with E-state index in [0.717, 1.165) is 16.3 Å². The van der Waals surface area contributed by atoms with Crippen LogP contribution in [0.5, 0.6) is 0 Å². The second-order valence-corrected chi connectivity index (χ2v) is 4.53. The highest BCUT2D eigenvalue weighted by Gasteiger charge is 2.03. The number of rotatable bonds is 3. The van der Waals surface area contributed by atoms with E-state index in [2.05, 4.69) is 5.32 Å². The van der Waals surface area contributed by atoms with Crippen molar-refractivity contribution in [3.05, 3.63) is 58.1 Å². The molecule has 17 heavy (non-hydrogen) atoms. The van der Waals surface area contributed by atoms with E-state index < -0.39 is 0 Å². The van der Waals surface area contributed by atoms with Crippen LogP contribution in [-0.4, -0.2) is 0 Å². The van der Waals surface area contributed by atoms with E-state index in [1.54, 1.807) is 6.07 Å². The lowest BCUT2D eigenvalue weighted by molar-refractivity contribution is 1.15. The Morgan fingerprint density at radius 3 is 2.53 bits per heavy atom. The Morgan fingerprint density at radius 2 is 1.82 bits per heavy atom. The lowest BCUT2D eigenvalue weighted by atomic mass is 10.2. The molecule has 0 spiro atoms. The molecular weight excluding hydrogens is 255 g/mol. The van der Waals surface area contributed by atoms with Crippen molar-refractivity contribution in [2.24, 2.45) is 0 Å². The zero-order valence-corrected chi connectivity index (χ0v) is 10.6. The lowest BCUT2D eigenvalue weighted by Gasteiger charge is -2.11. The molecule has 0 aromatic heterocycles. The molecule has 0 aliphatic rings. The molecule has 0 heterocycles. The maximum atomic E-state index is 6.06. The van der Waals surface area contributed by atoms with Gasteiger partial charge in [-0.25, -0.2) is 0 Å². The molecule has 2 rings (SSSR count). The average molecular weight is 267 g/mol. The maximum Gasteiger partial charge on any atom is 0.0765 e. The summed E-state index contributed by atoms with van der Waals surface area (Å²) in [5.74, 6) is 0. The van der Waals surface area contributed by atoms with Crippen molar-refractivity contribution in [3.8, 4) is 0 Å². The zero-order valence-electron chi connectivity index (χ0n) is 9.08. The topological polar surface area (TPSA) is 38.0 Å². The standard InChI is InChI=1S/C13H12Cl2N2/c14-10-4-1-3-9(7-10)8-17-13-11(15)5-2-6-12(13)16/h1-7,17H,8,16H2. The number of halogens is 2. The molecule has 0 fully saturated rings. The second kappa shape index (κ2) is 5.30. The molecule has 0 saturated heterocycles. The van der Waals surface area contributed by atoms with Crippen molar-refractivity contribution in [2.45, 2.75) is 6.54 Å². The van der Waals surface area contributed by atoms with E-state index in [4.69, 9.17) is 28.9 Å². The van der Waals surface area contributed by atoms with Crippen LogP contribution in [-0.2, 0) is 6.54 Å². The SMILES string of the molecule is Nc1cccc(Cl)c1NCc1cccc(Cl)c1. The van der Waals surface area contributed by atoms with Crippen LogP contribution in [0.2, 0.25) is 10.0 Å². The number of hydrogen-bond donors (Lipinski definition) is 2. The van der Waals surface area contributed by atoms with Crippen LogP contribution in [0, 0.1) is 0 Å². The van der Waals surface area contributed by atoms with Crippen LogP contribution in [0.15, 0.2) is 42.5 Å². The summed E-state index contributed by atoms with van der Waals surface area (Å²) in [7, 11) is 0. The summed E-state index contributed by atoms with van der Waals surface area (Å²) in [5, 5.41) is 4.55. The fourth-order valence-corrected chi connectivity index (χ4v) is 2.03. The molecule has 0 aliphatic carbocycles. The molecule has 0 radical (unpaired) electrons. The van der Waals surface area contributed by atoms with Crippen molar-refractivity contribution in [3.63, 3.8) is 0 Å². The molecule has 2 aromatic carbocycles. The Labute approximate surface area is 110 Å². The lowest BCUT2D eigenvalue weighted by Crippen LogP contribution is -2.02. The number of anilines is 2. The average Bonchev–Trinajstić information content (AvgIpc) is 2.28. The van der Waals surface area contributed by atoms with Gasteiger partial charge in [-0.1, -0.05) is 41.4 Å². The summed E-state index contributed by atoms with van der Waals surface area (Å²) in [4.78, 5) is 0. The van der Waals surface area contributed by atoms with Gasteiger partial charge >= 0.3 is 0 Å². The van der Waals surface area contributed by atoms with Gasteiger partial charge in [-0.3, -0.25) is 0 Å². The fraction of sp³-hybridized carbons (Fsp3) is 0.0769. The van der Waals surface area contributed by atoms with E-state index in [0.29, 0.717) is 17.3 Å². The molecule has 2 aromatic rings. The zero-order chi connectivity index (χ0) is 12.3. The van der Waals surface area contributed by atoms with Gasteiger partial charge < -0.3 is 11.1 Å². The minimum atomic E-state index is 0.618. The summed E-state index contributed by atoms with van der Waals surface area (Å²) in [6.45, 7) is 0.633. The van der Waals surface area contributed by atoms with Crippen LogP contribution >= 0.6 is 23.2 Å². The molecule has 0 atom stereocenters. The van der Waals surface area contributed by atoms with E-state index >= 15 is 0 Å². The maximum absolute atomic E-state index is 6.06. The number of hydrogen-bond acceptors (Lipinski definition) is 2. The largest absolute Gasteiger partial charge is 0.397 e. The van der Waals surface area contributed by atoms with Crippen molar-refractivity contribution in [1.29, 1.82) is 0 Å². The van der Waals surface area contributed by atoms with Crippen LogP contribution in [0.3, 0.4) is 0 Å². The van der Waals surface area contributed by atoms with Gasteiger partial charge in [0.05, 0.1) is 16.4 Å². The molecule has 3 N–H and O–H groups in total. The first-order valence-corrected chi connectivity index (χ1v) is 5.95. The number of para-hydroxylation sites is 1. The Balaban J connectivity index is 2.13. The first-order valence-electron chi connectivity index (χ1n) is 5.19. The monoisotopic (exact) mass is 266 g/mol. The third kappa shape index (κ3) is 3.05. The summed E-state index contributed by atoms with van der Waals surface area (Å²) >= 11 is 12.0. The van der Waals surface area contributed by atoms with E-state index in [9.17, 15) is 0 Å². The smallest absolute Gasteiger partial charge is 0.0765 e. The fourth-order valence-electron chi connectivity index (χ4n) is 1.56. The molecule has 4 heteroatoms. The highest BCUT2D eigenvalue weighted by atomic mass is 35.5. The van der Waals surface area contributed by atoms with Gasteiger partial charge in [0.2, 0.25) is 0 Å². The number of nitrogens with two attached hydrogens (primary N) is 1. The molecule has 0 amide bonds. The molecule has 0 saturated carbocycles. The van der Waals surface area contributed by atoms with Gasteiger partial charge in [0, 0.05) is 11.6 Å². The molecule has 0 aliphatic heterocycles. The number of nitrogens with one attached hydrogen (secondary N) is 1. The van der Waals surface area contributed by atoms with Crippen molar-refractivity contribution in [1.82, 2.24) is 0 Å². The summed E-state index contributed by atoms with van der Waals surface area (Å²) in [5.41, 5.74) is 8.32. The summed E-state index contributed by atoms with van der Waals surface area (Å²) in [6.07, 6.45) is 0. The van der Waals surface area contributed by atoms with Crippen molar-refractivity contribution < 1.29 is 0 Å². The van der Waals surface area contributed by atoms with Gasteiger partial charge in [-0.05, 0) is 29.8 Å². The Hall–Kier alpha value is -1.38. The number of nitrogen functional groups attached to an aromatic ring is 1. The third-order valence-electron chi connectivity index (χ3n) is 2.40. The molecule has 0 bridgehead atoms. The summed E-state index contributed by atoms with van der Waals surface area (Å²) < 4.78 is 0. The van der Waals surface area contributed by atoms with Crippen molar-refractivity contribution >= 4 is 34.6 Å². The third-order valence-corrected chi connectivity index (χ3v) is 2.95. The highest BCUT2D eigenvalue weighted by Crippen LogP contribution is 2.28. The minimum absolute atomic E-state index is 0.618. The Kier molecular flexibility index (Phi) is 3.77. The quantitative estimate of drug-likeness (QED) is 0.818. The van der Waals surface area contributed by atoms with Gasteiger partial charge in [0.15, 0.2) is 0 Å². The Morgan fingerprint density at radius 1 is 1.06 bits per heavy atom. The predicted molar refractivity (Wildman–Crippen MR) is 74.6 cm³/mol. The van der Waals surface area contributed by atoms with E-state index in [1.807, 2.05) is 36.4 Å². The number of benzene rings is 2.